The molecule has 2 aliphatic heterocycles. The third-order valence-electron chi connectivity index (χ3n) is 7.88. The monoisotopic (exact) mass is 551 g/mol. The molecule has 0 radical (unpaired) electrons. The average Bonchev–Trinajstić information content (AvgIpc) is 3.29. The summed E-state index contributed by atoms with van der Waals surface area (Å²) in [4.78, 5) is 17.6. The van der Waals surface area contributed by atoms with E-state index in [4.69, 9.17) is 27.9 Å². The van der Waals surface area contributed by atoms with Crippen LogP contribution in [0.3, 0.4) is 0 Å². The van der Waals surface area contributed by atoms with E-state index >= 15 is 0 Å². The molecule has 1 aromatic carbocycles. The number of benzene rings is 1. The minimum Gasteiger partial charge on any atom is -0.381 e. The Hall–Kier alpha value is -1.22. The highest BCUT2D eigenvalue weighted by molar-refractivity contribution is 6.40. The molecule has 0 spiro atoms. The number of hydrogen-bond acceptors (Lipinski definition) is 4. The molecule has 1 amide bonds. The lowest BCUT2D eigenvalue weighted by Crippen LogP contribution is -2.54. The van der Waals surface area contributed by atoms with Gasteiger partial charge >= 0.3 is 6.18 Å². The maximum absolute atomic E-state index is 13.7. The van der Waals surface area contributed by atoms with Crippen LogP contribution in [0.25, 0.3) is 0 Å². The average molecular weight is 553 g/mol. The Labute approximate surface area is 222 Å². The highest BCUT2D eigenvalue weighted by Crippen LogP contribution is 2.46. The van der Waals surface area contributed by atoms with Crippen molar-refractivity contribution in [1.29, 1.82) is 0 Å². The maximum Gasteiger partial charge on any atom is 0.416 e. The molecule has 4 rings (SSSR count). The molecule has 0 unspecified atom stereocenters. The molecule has 204 valence electrons. The summed E-state index contributed by atoms with van der Waals surface area (Å²) in [5.41, 5.74) is -0.426. The second kappa shape index (κ2) is 13.0. The van der Waals surface area contributed by atoms with Gasteiger partial charge in [0.1, 0.15) is 0 Å². The number of amides is 1. The van der Waals surface area contributed by atoms with Crippen LogP contribution < -0.4 is 10.2 Å². The van der Waals surface area contributed by atoms with Gasteiger partial charge in [0.2, 0.25) is 5.91 Å². The van der Waals surface area contributed by atoms with Gasteiger partial charge in [-0.15, -0.1) is 23.2 Å². The van der Waals surface area contributed by atoms with Crippen LogP contribution in [0.5, 0.6) is 0 Å². The second-order valence-corrected chi connectivity index (χ2v) is 11.0. The van der Waals surface area contributed by atoms with Crippen molar-refractivity contribution in [3.05, 3.63) is 29.8 Å². The van der Waals surface area contributed by atoms with Crippen molar-refractivity contribution in [2.75, 3.05) is 49.6 Å². The van der Waals surface area contributed by atoms with Crippen molar-refractivity contribution < 1.29 is 22.7 Å². The van der Waals surface area contributed by atoms with Crippen LogP contribution in [0, 0.1) is 11.3 Å². The largest absolute Gasteiger partial charge is 0.416 e. The van der Waals surface area contributed by atoms with Crippen LogP contribution in [-0.4, -0.2) is 67.6 Å². The number of nitrogens with one attached hydrogen (secondary N) is 1. The molecule has 0 aromatic heterocycles. The number of carbonyl (C=O) groups is 1. The third kappa shape index (κ3) is 7.21. The van der Waals surface area contributed by atoms with E-state index in [1.807, 2.05) is 9.80 Å². The van der Waals surface area contributed by atoms with Gasteiger partial charge in [0, 0.05) is 57.2 Å². The number of carbonyl (C=O) groups excluding carboxylic acids is 1. The Morgan fingerprint density at radius 1 is 1.11 bits per heavy atom. The molecule has 36 heavy (non-hydrogen) atoms. The molecule has 3 fully saturated rings. The maximum atomic E-state index is 13.7. The lowest BCUT2D eigenvalue weighted by Gasteiger charge is -2.42. The van der Waals surface area contributed by atoms with Crippen LogP contribution in [0.4, 0.5) is 18.9 Å². The van der Waals surface area contributed by atoms with E-state index in [0.29, 0.717) is 44.0 Å². The fourth-order valence-electron chi connectivity index (χ4n) is 5.74. The van der Waals surface area contributed by atoms with Gasteiger partial charge in [0.25, 0.3) is 0 Å². The van der Waals surface area contributed by atoms with Crippen LogP contribution in [0.2, 0.25) is 0 Å². The van der Waals surface area contributed by atoms with E-state index in [-0.39, 0.29) is 22.6 Å². The van der Waals surface area contributed by atoms with Gasteiger partial charge in [-0.1, -0.05) is 19.9 Å². The fraction of sp³-hybridized carbons (Fsp3) is 0.731. The number of rotatable bonds is 5. The molecule has 2 heterocycles. The minimum atomic E-state index is -4.35. The number of nitrogens with zero attached hydrogens (tertiary/aromatic N) is 2. The quantitative estimate of drug-likeness (QED) is 0.474. The Morgan fingerprint density at radius 2 is 1.75 bits per heavy atom. The number of halogens is 5. The number of ether oxygens (including phenoxy) is 1. The zero-order valence-electron chi connectivity index (χ0n) is 21.1. The van der Waals surface area contributed by atoms with E-state index in [1.54, 1.807) is 6.07 Å². The van der Waals surface area contributed by atoms with Gasteiger partial charge in [-0.3, -0.25) is 4.79 Å². The molecule has 10 heteroatoms. The van der Waals surface area contributed by atoms with Gasteiger partial charge in [-0.25, -0.2) is 0 Å². The SMILES string of the molecule is CC(C)[C@]1(C(=O)N2CCN(c3cccc(C(F)(F)F)c3)CC2)CC[C@@H](NC2CCOCC2)C1.ClCCl. The van der Waals surface area contributed by atoms with Crippen molar-refractivity contribution in [2.24, 2.45) is 11.3 Å². The predicted octanol–water partition coefficient (Wildman–Crippen LogP) is 5.74. The summed E-state index contributed by atoms with van der Waals surface area (Å²) < 4.78 is 44.7. The summed E-state index contributed by atoms with van der Waals surface area (Å²) in [6.45, 7) is 8.07. The van der Waals surface area contributed by atoms with E-state index in [1.165, 1.54) is 12.1 Å². The van der Waals surface area contributed by atoms with Crippen molar-refractivity contribution in [1.82, 2.24) is 10.2 Å². The number of anilines is 1. The molecule has 1 saturated carbocycles. The topological polar surface area (TPSA) is 44.8 Å². The molecule has 1 N–H and O–H groups in total. The lowest BCUT2D eigenvalue weighted by atomic mass is 9.74. The summed E-state index contributed by atoms with van der Waals surface area (Å²) in [6.07, 6.45) is 0.445. The number of hydrogen-bond donors (Lipinski definition) is 1. The Morgan fingerprint density at radius 3 is 2.33 bits per heavy atom. The van der Waals surface area contributed by atoms with Crippen LogP contribution in [0.15, 0.2) is 24.3 Å². The number of piperazine rings is 1. The van der Waals surface area contributed by atoms with E-state index in [2.05, 4.69) is 19.2 Å². The first-order valence-corrected chi connectivity index (χ1v) is 13.8. The van der Waals surface area contributed by atoms with Crippen LogP contribution >= 0.6 is 23.2 Å². The summed E-state index contributed by atoms with van der Waals surface area (Å²) in [5.74, 6) is 0.463. The van der Waals surface area contributed by atoms with Crippen LogP contribution in [-0.2, 0) is 15.7 Å². The first kappa shape index (κ1) is 29.3. The smallest absolute Gasteiger partial charge is 0.381 e. The van der Waals surface area contributed by atoms with E-state index in [0.717, 1.165) is 51.4 Å². The highest BCUT2D eigenvalue weighted by Gasteiger charge is 2.49. The normalized spacial score (nSPS) is 25.6. The van der Waals surface area contributed by atoms with Crippen molar-refractivity contribution in [3.8, 4) is 0 Å². The molecule has 2 saturated heterocycles. The first-order valence-electron chi connectivity index (χ1n) is 12.8. The van der Waals surface area contributed by atoms with Gasteiger partial charge in [0.05, 0.1) is 16.3 Å². The molecule has 1 aliphatic carbocycles. The molecule has 1 aromatic rings. The van der Waals surface area contributed by atoms with Crippen LogP contribution in [0.1, 0.15) is 51.5 Å². The molecule has 0 bridgehead atoms. The molecule has 3 aliphatic rings. The fourth-order valence-corrected chi connectivity index (χ4v) is 5.74. The summed E-state index contributed by atoms with van der Waals surface area (Å²) in [5, 5.41) is 3.97. The minimum absolute atomic E-state index is 0.194. The van der Waals surface area contributed by atoms with Crippen molar-refractivity contribution in [3.63, 3.8) is 0 Å². The van der Waals surface area contributed by atoms with Gasteiger partial charge in [0.15, 0.2) is 0 Å². The first-order chi connectivity index (χ1) is 17.1. The third-order valence-corrected chi connectivity index (χ3v) is 7.88. The molecule has 5 nitrogen and oxygen atoms in total. The van der Waals surface area contributed by atoms with Gasteiger partial charge in [-0.2, -0.15) is 13.2 Å². The summed E-state index contributed by atoms with van der Waals surface area (Å²) >= 11 is 9.53. The van der Waals surface area contributed by atoms with E-state index in [9.17, 15) is 18.0 Å². The van der Waals surface area contributed by atoms with Gasteiger partial charge < -0.3 is 19.9 Å². The standard InChI is InChI=1S/C25H36F3N3O2.CH2Cl2/c1-18(2)24(9-6-21(17-24)29-20-7-14-33-15-8-20)23(32)31-12-10-30(11-13-31)22-5-3-4-19(16-22)25(26,27)28;2-1-3/h3-5,16,18,20-21,29H,6-15,17H2,1-2H3;1H2/t21-,24+;/m1./s1. The zero-order chi connectivity index (χ0) is 26.3. The van der Waals surface area contributed by atoms with E-state index < -0.39 is 11.7 Å². The summed E-state index contributed by atoms with van der Waals surface area (Å²) in [7, 11) is 0. The highest BCUT2D eigenvalue weighted by atomic mass is 35.5. The molecular formula is C26H38Cl2F3N3O2. The second-order valence-electron chi connectivity index (χ2n) is 10.2. The van der Waals surface area contributed by atoms with Crippen molar-refractivity contribution >= 4 is 34.8 Å². The van der Waals surface area contributed by atoms with Gasteiger partial charge in [-0.05, 0) is 56.2 Å². The summed E-state index contributed by atoms with van der Waals surface area (Å²) in [6, 6.07) is 6.29. The Balaban J connectivity index is 0.00000115. The molecular weight excluding hydrogens is 514 g/mol. The predicted molar refractivity (Wildman–Crippen MR) is 139 cm³/mol. The molecule has 2 atom stereocenters. The number of alkyl halides is 5. The lowest BCUT2D eigenvalue weighted by molar-refractivity contribution is -0.145. The Kier molecular flexibility index (Phi) is 10.6. The van der Waals surface area contributed by atoms with Crippen molar-refractivity contribution in [2.45, 2.75) is 64.2 Å². The zero-order valence-corrected chi connectivity index (χ0v) is 22.6. The Bertz CT molecular complexity index is 844.